The van der Waals surface area contributed by atoms with Gasteiger partial charge in [-0.1, -0.05) is 12.1 Å². The fourth-order valence-electron chi connectivity index (χ4n) is 1.75. The standard InChI is InChI=1S/C13H9N3O2/c17-8-9-5-6-16-12(7-9)14-13(15-16)10-3-1-2-4-11(10)18/h1-8,18H. The van der Waals surface area contributed by atoms with Crippen molar-refractivity contribution in [2.24, 2.45) is 0 Å². The Labute approximate surface area is 102 Å². The number of carbonyl (C=O) groups excluding carboxylic acids is 1. The maximum atomic E-state index is 10.7. The van der Waals surface area contributed by atoms with E-state index in [4.69, 9.17) is 0 Å². The molecule has 0 bridgehead atoms. The van der Waals surface area contributed by atoms with Crippen LogP contribution in [0.3, 0.4) is 0 Å². The molecule has 2 aromatic heterocycles. The van der Waals surface area contributed by atoms with E-state index in [2.05, 4.69) is 10.1 Å². The molecule has 0 aliphatic rings. The maximum Gasteiger partial charge on any atom is 0.185 e. The van der Waals surface area contributed by atoms with Crippen molar-refractivity contribution >= 4 is 11.9 Å². The number of nitrogens with zero attached hydrogens (tertiary/aromatic N) is 3. The summed E-state index contributed by atoms with van der Waals surface area (Å²) in [6.45, 7) is 0. The van der Waals surface area contributed by atoms with E-state index in [0.717, 1.165) is 6.29 Å². The van der Waals surface area contributed by atoms with E-state index in [1.807, 2.05) is 0 Å². The molecule has 1 N–H and O–H groups in total. The largest absolute Gasteiger partial charge is 0.507 e. The van der Waals surface area contributed by atoms with Gasteiger partial charge in [0.1, 0.15) is 12.0 Å². The Bertz CT molecular complexity index is 734. The Morgan fingerprint density at radius 2 is 2.06 bits per heavy atom. The van der Waals surface area contributed by atoms with Crippen molar-refractivity contribution in [3.8, 4) is 17.1 Å². The van der Waals surface area contributed by atoms with Gasteiger partial charge in [-0.3, -0.25) is 4.79 Å². The summed E-state index contributed by atoms with van der Waals surface area (Å²) in [5.74, 6) is 0.556. The van der Waals surface area contributed by atoms with Crippen LogP contribution in [0.15, 0.2) is 42.6 Å². The lowest BCUT2D eigenvalue weighted by Crippen LogP contribution is -1.88. The normalized spacial score (nSPS) is 10.7. The molecule has 2 heterocycles. The number of aromatic hydroxyl groups is 1. The molecule has 1 aromatic carbocycles. The molecule has 3 aromatic rings. The van der Waals surface area contributed by atoms with Gasteiger partial charge in [0.2, 0.25) is 0 Å². The number of carbonyl (C=O) groups is 1. The van der Waals surface area contributed by atoms with Crippen LogP contribution in [0.25, 0.3) is 17.0 Å². The Morgan fingerprint density at radius 1 is 1.22 bits per heavy atom. The van der Waals surface area contributed by atoms with Gasteiger partial charge in [-0.2, -0.15) is 0 Å². The fraction of sp³-hybridized carbons (Fsp3) is 0. The van der Waals surface area contributed by atoms with Gasteiger partial charge < -0.3 is 5.11 Å². The minimum absolute atomic E-state index is 0.129. The molecule has 0 saturated heterocycles. The predicted octanol–water partition coefficient (Wildman–Crippen LogP) is 1.91. The third-order valence-electron chi connectivity index (χ3n) is 2.64. The number of hydrogen-bond acceptors (Lipinski definition) is 4. The Morgan fingerprint density at radius 3 is 2.83 bits per heavy atom. The Hall–Kier alpha value is -2.69. The molecular weight excluding hydrogens is 230 g/mol. The lowest BCUT2D eigenvalue weighted by atomic mass is 10.2. The number of benzene rings is 1. The van der Waals surface area contributed by atoms with E-state index >= 15 is 0 Å². The van der Waals surface area contributed by atoms with Gasteiger partial charge in [0.15, 0.2) is 11.5 Å². The zero-order valence-electron chi connectivity index (χ0n) is 9.32. The van der Waals surface area contributed by atoms with Gasteiger partial charge >= 0.3 is 0 Å². The molecular formula is C13H9N3O2. The highest BCUT2D eigenvalue weighted by atomic mass is 16.3. The second-order valence-corrected chi connectivity index (χ2v) is 3.83. The Balaban J connectivity index is 2.19. The van der Waals surface area contributed by atoms with Gasteiger partial charge in [-0.15, -0.1) is 5.10 Å². The summed E-state index contributed by atoms with van der Waals surface area (Å²) in [6, 6.07) is 10.2. The fourth-order valence-corrected chi connectivity index (χ4v) is 1.75. The highest BCUT2D eigenvalue weighted by Crippen LogP contribution is 2.26. The van der Waals surface area contributed by atoms with Gasteiger partial charge in [-0.05, 0) is 24.3 Å². The van der Waals surface area contributed by atoms with E-state index in [1.165, 1.54) is 0 Å². The van der Waals surface area contributed by atoms with E-state index in [1.54, 1.807) is 47.1 Å². The van der Waals surface area contributed by atoms with Crippen molar-refractivity contribution in [3.63, 3.8) is 0 Å². The number of phenolic OH excluding ortho intramolecular Hbond substituents is 1. The van der Waals surface area contributed by atoms with Crippen molar-refractivity contribution in [2.75, 3.05) is 0 Å². The number of para-hydroxylation sites is 1. The molecule has 88 valence electrons. The van der Waals surface area contributed by atoms with E-state index in [-0.39, 0.29) is 5.75 Å². The van der Waals surface area contributed by atoms with Crippen molar-refractivity contribution in [1.29, 1.82) is 0 Å². The highest BCUT2D eigenvalue weighted by Gasteiger charge is 2.10. The monoisotopic (exact) mass is 239 g/mol. The summed E-state index contributed by atoms with van der Waals surface area (Å²) in [4.78, 5) is 15.0. The van der Waals surface area contributed by atoms with Gasteiger partial charge in [0.05, 0.1) is 5.56 Å². The molecule has 0 unspecified atom stereocenters. The molecule has 0 fully saturated rings. The Kier molecular flexibility index (Phi) is 2.30. The maximum absolute atomic E-state index is 10.7. The van der Waals surface area contributed by atoms with Crippen molar-refractivity contribution in [3.05, 3.63) is 48.2 Å². The zero-order chi connectivity index (χ0) is 12.5. The van der Waals surface area contributed by atoms with E-state index < -0.39 is 0 Å². The molecule has 5 nitrogen and oxygen atoms in total. The SMILES string of the molecule is O=Cc1ccn2nc(-c3ccccc3O)nc2c1. The van der Waals surface area contributed by atoms with Gasteiger partial charge in [-0.25, -0.2) is 9.50 Å². The molecule has 0 radical (unpaired) electrons. The minimum atomic E-state index is 0.129. The quantitative estimate of drug-likeness (QED) is 0.694. The van der Waals surface area contributed by atoms with Crippen LogP contribution in [0.2, 0.25) is 0 Å². The van der Waals surface area contributed by atoms with Crippen LogP contribution >= 0.6 is 0 Å². The lowest BCUT2D eigenvalue weighted by molar-refractivity contribution is 0.112. The molecule has 0 amide bonds. The topological polar surface area (TPSA) is 67.5 Å². The average molecular weight is 239 g/mol. The number of aromatic nitrogens is 3. The summed E-state index contributed by atoms with van der Waals surface area (Å²) < 4.78 is 1.56. The van der Waals surface area contributed by atoms with Gasteiger partial charge in [0, 0.05) is 11.8 Å². The van der Waals surface area contributed by atoms with E-state index in [0.29, 0.717) is 22.6 Å². The molecule has 3 rings (SSSR count). The molecule has 18 heavy (non-hydrogen) atoms. The van der Waals surface area contributed by atoms with Crippen molar-refractivity contribution in [2.45, 2.75) is 0 Å². The summed E-state index contributed by atoms with van der Waals surface area (Å²) in [5.41, 5.74) is 1.67. The first kappa shape index (κ1) is 10.5. The molecule has 0 atom stereocenters. The van der Waals surface area contributed by atoms with Crippen LogP contribution in [0.4, 0.5) is 0 Å². The first-order chi connectivity index (χ1) is 8.78. The molecule has 0 saturated carbocycles. The first-order valence-corrected chi connectivity index (χ1v) is 5.38. The summed E-state index contributed by atoms with van der Waals surface area (Å²) in [5, 5.41) is 14.0. The number of fused-ring (bicyclic) bond motifs is 1. The van der Waals surface area contributed by atoms with Gasteiger partial charge in [0.25, 0.3) is 0 Å². The van der Waals surface area contributed by atoms with Crippen LogP contribution in [-0.4, -0.2) is 26.0 Å². The molecule has 0 aliphatic carbocycles. The number of rotatable bonds is 2. The number of aldehydes is 1. The summed E-state index contributed by atoms with van der Waals surface area (Å²) in [6.07, 6.45) is 2.42. The molecule has 0 spiro atoms. The highest BCUT2D eigenvalue weighted by molar-refractivity contribution is 5.77. The number of hydrogen-bond donors (Lipinski definition) is 1. The second-order valence-electron chi connectivity index (χ2n) is 3.83. The van der Waals surface area contributed by atoms with Crippen molar-refractivity contribution < 1.29 is 9.90 Å². The first-order valence-electron chi connectivity index (χ1n) is 5.38. The third kappa shape index (κ3) is 1.62. The number of phenols is 1. The van der Waals surface area contributed by atoms with Crippen LogP contribution in [-0.2, 0) is 0 Å². The van der Waals surface area contributed by atoms with Crippen molar-refractivity contribution in [1.82, 2.24) is 14.6 Å². The molecule has 0 aliphatic heterocycles. The van der Waals surface area contributed by atoms with E-state index in [9.17, 15) is 9.90 Å². The summed E-state index contributed by atoms with van der Waals surface area (Å²) >= 11 is 0. The number of pyridine rings is 1. The molecule has 5 heteroatoms. The zero-order valence-corrected chi connectivity index (χ0v) is 9.32. The average Bonchev–Trinajstić information content (AvgIpc) is 2.81. The summed E-state index contributed by atoms with van der Waals surface area (Å²) in [7, 11) is 0. The lowest BCUT2D eigenvalue weighted by Gasteiger charge is -1.97. The van der Waals surface area contributed by atoms with Crippen LogP contribution in [0.1, 0.15) is 10.4 Å². The predicted molar refractivity (Wildman–Crippen MR) is 65.5 cm³/mol. The smallest absolute Gasteiger partial charge is 0.185 e. The van der Waals surface area contributed by atoms with Crippen LogP contribution in [0, 0.1) is 0 Å². The van der Waals surface area contributed by atoms with Crippen LogP contribution in [0.5, 0.6) is 5.75 Å². The van der Waals surface area contributed by atoms with Crippen LogP contribution < -0.4 is 0 Å². The second kappa shape index (κ2) is 3.96. The minimum Gasteiger partial charge on any atom is -0.507 e. The third-order valence-corrected chi connectivity index (χ3v) is 2.64.